The van der Waals surface area contributed by atoms with Gasteiger partial charge in [-0.2, -0.15) is 0 Å². The average Bonchev–Trinajstić information content (AvgIpc) is 3.72. The Morgan fingerprint density at radius 3 is 1.54 bits per heavy atom. The number of fused-ring (bicyclic) bond motifs is 7. The molecular weight excluding hydrogens is 611 g/mol. The Labute approximate surface area is 288 Å². The van der Waals surface area contributed by atoms with Crippen molar-refractivity contribution in [3.8, 4) is 51.0 Å². The predicted octanol–water partition coefficient (Wildman–Crippen LogP) is 11.0. The summed E-state index contributed by atoms with van der Waals surface area (Å²) in [6, 6.07) is 59.2. The zero-order chi connectivity index (χ0) is 33.0. The van der Waals surface area contributed by atoms with E-state index in [9.17, 15) is 0 Å². The van der Waals surface area contributed by atoms with Gasteiger partial charge in [-0.05, 0) is 35.9 Å². The van der Waals surface area contributed by atoms with E-state index in [2.05, 4.69) is 124 Å². The Morgan fingerprint density at radius 1 is 0.360 bits per heavy atom. The van der Waals surface area contributed by atoms with Crippen molar-refractivity contribution in [1.82, 2.24) is 23.9 Å². The van der Waals surface area contributed by atoms with Crippen LogP contribution in [0, 0.1) is 0 Å². The van der Waals surface area contributed by atoms with Gasteiger partial charge in [0.1, 0.15) is 0 Å². The molecule has 0 saturated carbocycles. The van der Waals surface area contributed by atoms with Crippen molar-refractivity contribution in [3.05, 3.63) is 176 Å². The van der Waals surface area contributed by atoms with Gasteiger partial charge in [-0.1, -0.05) is 140 Å². The molecule has 0 unspecified atom stereocenters. The molecule has 0 saturated heterocycles. The monoisotopic (exact) mass is 639 g/mol. The van der Waals surface area contributed by atoms with Crippen molar-refractivity contribution in [2.45, 2.75) is 0 Å². The molecule has 0 atom stereocenters. The maximum absolute atomic E-state index is 5.04. The number of hydrogen-bond donors (Lipinski definition) is 0. The third kappa shape index (κ3) is 4.45. The first-order valence-electron chi connectivity index (χ1n) is 16.8. The van der Waals surface area contributed by atoms with Gasteiger partial charge in [-0.25, -0.2) is 15.0 Å². The number of nitrogens with zero attached hydrogens (tertiary/aromatic N) is 5. The van der Waals surface area contributed by atoms with E-state index >= 15 is 0 Å². The van der Waals surface area contributed by atoms with Gasteiger partial charge in [0.15, 0.2) is 17.5 Å². The molecule has 10 aromatic rings. The number of aromatic nitrogens is 5. The first kappa shape index (κ1) is 28.2. The highest BCUT2D eigenvalue weighted by Gasteiger charge is 2.22. The molecule has 50 heavy (non-hydrogen) atoms. The number of para-hydroxylation sites is 2. The molecule has 0 aliphatic heterocycles. The summed E-state index contributed by atoms with van der Waals surface area (Å²) in [5.74, 6) is 1.92. The molecule has 0 radical (unpaired) electrons. The first-order valence-corrected chi connectivity index (χ1v) is 16.8. The van der Waals surface area contributed by atoms with E-state index in [1.165, 1.54) is 38.3 Å². The lowest BCUT2D eigenvalue weighted by atomic mass is 10.0. The third-order valence-corrected chi connectivity index (χ3v) is 9.56. The molecule has 0 fully saturated rings. The lowest BCUT2D eigenvalue weighted by molar-refractivity contribution is 1.07. The maximum atomic E-state index is 5.04. The van der Waals surface area contributed by atoms with E-state index in [-0.39, 0.29) is 0 Å². The van der Waals surface area contributed by atoms with Gasteiger partial charge in [0.25, 0.3) is 0 Å². The van der Waals surface area contributed by atoms with Crippen LogP contribution in [0.3, 0.4) is 0 Å². The standard InChI is InChI=1S/C45H29N5/c1-4-15-30(16-5-1)40-37-24-11-12-25-38(37)49-28-27-36-35-23-10-13-26-39(35)50(41(36)42(40)49)34-22-14-21-33(29-34)45-47-43(31-17-6-2-7-18-31)46-44(48-45)32-19-8-3-9-20-32/h1-29H. The average molecular weight is 640 g/mol. The summed E-state index contributed by atoms with van der Waals surface area (Å²) in [7, 11) is 0. The first-order chi connectivity index (χ1) is 24.8. The van der Waals surface area contributed by atoms with Gasteiger partial charge < -0.3 is 8.97 Å². The van der Waals surface area contributed by atoms with E-state index in [1.54, 1.807) is 0 Å². The fourth-order valence-corrected chi connectivity index (χ4v) is 7.35. The maximum Gasteiger partial charge on any atom is 0.164 e. The SMILES string of the molecule is c1ccc(-c2nc(-c3ccccc3)nc(-c3cccc(-n4c5ccccc5c5ccn6c7ccccc7c(-c7ccccc7)c6c54)c3)n2)cc1. The third-order valence-electron chi connectivity index (χ3n) is 9.56. The zero-order valence-corrected chi connectivity index (χ0v) is 27.0. The van der Waals surface area contributed by atoms with Crippen molar-refractivity contribution in [2.24, 2.45) is 0 Å². The Hall–Kier alpha value is -6.85. The fourth-order valence-electron chi connectivity index (χ4n) is 7.35. The molecule has 0 N–H and O–H groups in total. The molecule has 5 nitrogen and oxygen atoms in total. The molecule has 234 valence electrons. The quantitative estimate of drug-likeness (QED) is 0.188. The van der Waals surface area contributed by atoms with Crippen molar-refractivity contribution < 1.29 is 0 Å². The second-order valence-electron chi connectivity index (χ2n) is 12.5. The number of hydrogen-bond acceptors (Lipinski definition) is 3. The van der Waals surface area contributed by atoms with E-state index in [0.717, 1.165) is 33.4 Å². The molecule has 0 aliphatic carbocycles. The fraction of sp³-hybridized carbons (Fsp3) is 0. The van der Waals surface area contributed by atoms with Crippen LogP contribution < -0.4 is 0 Å². The van der Waals surface area contributed by atoms with E-state index in [4.69, 9.17) is 15.0 Å². The Bertz CT molecular complexity index is 2800. The molecular formula is C45H29N5. The van der Waals surface area contributed by atoms with Gasteiger partial charge in [0.2, 0.25) is 0 Å². The van der Waals surface area contributed by atoms with Crippen LogP contribution in [-0.2, 0) is 0 Å². The minimum absolute atomic E-state index is 0.629. The minimum atomic E-state index is 0.629. The number of pyridine rings is 1. The van der Waals surface area contributed by atoms with E-state index in [0.29, 0.717) is 17.5 Å². The molecule has 5 heteroatoms. The van der Waals surface area contributed by atoms with Crippen molar-refractivity contribution in [3.63, 3.8) is 0 Å². The van der Waals surface area contributed by atoms with Gasteiger partial charge in [-0.3, -0.25) is 0 Å². The van der Waals surface area contributed by atoms with E-state index < -0.39 is 0 Å². The van der Waals surface area contributed by atoms with Gasteiger partial charge in [0.05, 0.1) is 22.1 Å². The summed E-state index contributed by atoms with van der Waals surface area (Å²) >= 11 is 0. The second-order valence-corrected chi connectivity index (χ2v) is 12.5. The normalized spacial score (nSPS) is 11.6. The minimum Gasteiger partial charge on any atom is -0.314 e. The van der Waals surface area contributed by atoms with Crippen LogP contribution in [0.25, 0.3) is 89.2 Å². The van der Waals surface area contributed by atoms with Crippen molar-refractivity contribution in [1.29, 1.82) is 0 Å². The summed E-state index contributed by atoms with van der Waals surface area (Å²) in [6.45, 7) is 0. The molecule has 0 amide bonds. The van der Waals surface area contributed by atoms with Crippen LogP contribution in [0.4, 0.5) is 0 Å². The van der Waals surface area contributed by atoms with Crippen molar-refractivity contribution in [2.75, 3.05) is 0 Å². The highest BCUT2D eigenvalue weighted by Crippen LogP contribution is 2.43. The van der Waals surface area contributed by atoms with Crippen LogP contribution >= 0.6 is 0 Å². The molecule has 6 aromatic carbocycles. The lowest BCUT2D eigenvalue weighted by Gasteiger charge is -2.13. The Kier molecular flexibility index (Phi) is 6.42. The van der Waals surface area contributed by atoms with Gasteiger partial charge in [0, 0.05) is 50.3 Å². The molecule has 10 rings (SSSR count). The van der Waals surface area contributed by atoms with Crippen LogP contribution in [-0.4, -0.2) is 23.9 Å². The second kappa shape index (κ2) is 11.4. The summed E-state index contributed by atoms with van der Waals surface area (Å²) in [4.78, 5) is 15.0. The summed E-state index contributed by atoms with van der Waals surface area (Å²) in [5.41, 5.74) is 10.9. The lowest BCUT2D eigenvalue weighted by Crippen LogP contribution is -2.01. The molecule has 0 aliphatic rings. The highest BCUT2D eigenvalue weighted by molar-refractivity contribution is 6.20. The molecule has 0 spiro atoms. The number of rotatable bonds is 5. The Morgan fingerprint density at radius 2 is 0.880 bits per heavy atom. The molecule has 4 aromatic heterocycles. The van der Waals surface area contributed by atoms with Crippen LogP contribution in [0.2, 0.25) is 0 Å². The van der Waals surface area contributed by atoms with E-state index in [1.807, 2.05) is 60.7 Å². The van der Waals surface area contributed by atoms with Crippen molar-refractivity contribution >= 4 is 38.2 Å². The van der Waals surface area contributed by atoms with Crippen LogP contribution in [0.1, 0.15) is 0 Å². The summed E-state index contributed by atoms with van der Waals surface area (Å²) in [5, 5.41) is 3.64. The highest BCUT2D eigenvalue weighted by atomic mass is 15.0. The number of benzene rings is 6. The predicted molar refractivity (Wildman–Crippen MR) is 204 cm³/mol. The zero-order valence-electron chi connectivity index (χ0n) is 27.0. The smallest absolute Gasteiger partial charge is 0.164 e. The molecule has 4 heterocycles. The summed E-state index contributed by atoms with van der Waals surface area (Å²) < 4.78 is 4.76. The largest absolute Gasteiger partial charge is 0.314 e. The summed E-state index contributed by atoms with van der Waals surface area (Å²) in [6.07, 6.45) is 2.22. The topological polar surface area (TPSA) is 48.0 Å². The van der Waals surface area contributed by atoms with Crippen LogP contribution in [0.5, 0.6) is 0 Å². The van der Waals surface area contributed by atoms with Gasteiger partial charge in [-0.15, -0.1) is 0 Å². The molecule has 0 bridgehead atoms. The van der Waals surface area contributed by atoms with Crippen LogP contribution in [0.15, 0.2) is 176 Å². The van der Waals surface area contributed by atoms with Gasteiger partial charge >= 0.3 is 0 Å². The Balaban J connectivity index is 1.27.